The number of aryl methyl sites for hydroxylation is 2. The fourth-order valence-corrected chi connectivity index (χ4v) is 1.93. The molecule has 0 amide bonds. The molecule has 0 bridgehead atoms. The predicted molar refractivity (Wildman–Crippen MR) is 70.0 cm³/mol. The van der Waals surface area contributed by atoms with Crippen LogP contribution in [0.3, 0.4) is 0 Å². The van der Waals surface area contributed by atoms with Crippen LogP contribution in [-0.2, 0) is 14.3 Å². The second kappa shape index (κ2) is 5.19. The van der Waals surface area contributed by atoms with Gasteiger partial charge in [0, 0.05) is 11.8 Å². The number of anilines is 1. The van der Waals surface area contributed by atoms with Crippen LogP contribution in [0.25, 0.3) is 0 Å². The van der Waals surface area contributed by atoms with E-state index >= 15 is 0 Å². The molecule has 0 aromatic carbocycles. The molecule has 0 radical (unpaired) electrons. The molecule has 0 aliphatic carbocycles. The Morgan fingerprint density at radius 1 is 1.33 bits per heavy atom. The first kappa shape index (κ1) is 14.8. The lowest BCUT2D eigenvalue weighted by Crippen LogP contribution is -2.37. The van der Waals surface area contributed by atoms with Crippen LogP contribution < -0.4 is 5.32 Å². The van der Waals surface area contributed by atoms with Gasteiger partial charge in [0.25, 0.3) is 10.1 Å². The van der Waals surface area contributed by atoms with Gasteiger partial charge in [0.15, 0.2) is 0 Å². The average molecular weight is 273 g/mol. The van der Waals surface area contributed by atoms with Gasteiger partial charge < -0.3 is 5.32 Å². The molecule has 0 atom stereocenters. The first-order chi connectivity index (χ1) is 8.07. The number of hydrogen-bond donors (Lipinski definition) is 1. The molecule has 18 heavy (non-hydrogen) atoms. The molecule has 1 rings (SSSR count). The van der Waals surface area contributed by atoms with Gasteiger partial charge in [-0.15, -0.1) is 0 Å². The zero-order chi connectivity index (χ0) is 14.0. The highest BCUT2D eigenvalue weighted by Crippen LogP contribution is 2.15. The van der Waals surface area contributed by atoms with E-state index in [0.717, 1.165) is 11.9 Å². The van der Waals surface area contributed by atoms with Gasteiger partial charge in [-0.1, -0.05) is 0 Å². The molecule has 1 aromatic heterocycles. The summed E-state index contributed by atoms with van der Waals surface area (Å²) >= 11 is 0. The summed E-state index contributed by atoms with van der Waals surface area (Å²) in [5, 5.41) is 3.13. The standard InChI is InChI=1S/C11H19N3O3S/c1-8-6-10(13-9(2)12-8)14-11(3,4)7-17-18(5,15)16/h6H,7H2,1-5H3,(H,12,13,14). The van der Waals surface area contributed by atoms with Crippen molar-refractivity contribution in [1.29, 1.82) is 0 Å². The average Bonchev–Trinajstić information content (AvgIpc) is 2.11. The highest BCUT2D eigenvalue weighted by molar-refractivity contribution is 7.85. The van der Waals surface area contributed by atoms with E-state index in [1.54, 1.807) is 13.0 Å². The van der Waals surface area contributed by atoms with Crippen LogP contribution in [0, 0.1) is 13.8 Å². The van der Waals surface area contributed by atoms with E-state index in [1.807, 2.05) is 20.8 Å². The number of rotatable bonds is 5. The van der Waals surface area contributed by atoms with Gasteiger partial charge in [-0.3, -0.25) is 4.18 Å². The molecule has 1 N–H and O–H groups in total. The Morgan fingerprint density at radius 3 is 2.44 bits per heavy atom. The van der Waals surface area contributed by atoms with Gasteiger partial charge in [-0.25, -0.2) is 9.97 Å². The molecule has 0 unspecified atom stereocenters. The lowest BCUT2D eigenvalue weighted by molar-refractivity contribution is 0.263. The molecule has 0 spiro atoms. The number of nitrogens with one attached hydrogen (secondary N) is 1. The molecule has 1 aromatic rings. The summed E-state index contributed by atoms with van der Waals surface area (Å²) in [5.74, 6) is 1.32. The zero-order valence-corrected chi connectivity index (χ0v) is 12.1. The van der Waals surface area contributed by atoms with Crippen LogP contribution >= 0.6 is 0 Å². The molecule has 0 saturated carbocycles. The number of aromatic nitrogens is 2. The van der Waals surface area contributed by atoms with Crippen molar-refractivity contribution in [2.75, 3.05) is 18.2 Å². The van der Waals surface area contributed by atoms with Crippen molar-refractivity contribution < 1.29 is 12.6 Å². The molecular formula is C11H19N3O3S. The summed E-state index contributed by atoms with van der Waals surface area (Å²) in [5.41, 5.74) is 0.306. The Bertz CT molecular complexity index is 506. The topological polar surface area (TPSA) is 81.2 Å². The minimum Gasteiger partial charge on any atom is -0.363 e. The van der Waals surface area contributed by atoms with E-state index in [0.29, 0.717) is 11.6 Å². The quantitative estimate of drug-likeness (QED) is 0.813. The third-order valence-electron chi connectivity index (χ3n) is 2.07. The van der Waals surface area contributed by atoms with Gasteiger partial charge >= 0.3 is 0 Å². The molecular weight excluding hydrogens is 254 g/mol. The van der Waals surface area contributed by atoms with E-state index in [-0.39, 0.29) is 6.61 Å². The Morgan fingerprint density at radius 2 is 1.94 bits per heavy atom. The molecule has 102 valence electrons. The summed E-state index contributed by atoms with van der Waals surface area (Å²) in [6, 6.07) is 1.80. The first-order valence-corrected chi connectivity index (χ1v) is 7.34. The Labute approximate surface area is 108 Å². The fourth-order valence-electron chi connectivity index (χ4n) is 1.42. The van der Waals surface area contributed by atoms with Crippen LogP contribution in [0.4, 0.5) is 5.82 Å². The monoisotopic (exact) mass is 273 g/mol. The van der Waals surface area contributed by atoms with Crippen LogP contribution in [0.15, 0.2) is 6.07 Å². The van der Waals surface area contributed by atoms with Gasteiger partial charge in [0.05, 0.1) is 18.4 Å². The largest absolute Gasteiger partial charge is 0.363 e. The van der Waals surface area contributed by atoms with Crippen molar-refractivity contribution in [1.82, 2.24) is 9.97 Å². The van der Waals surface area contributed by atoms with Crippen LogP contribution in [-0.4, -0.2) is 36.8 Å². The van der Waals surface area contributed by atoms with Crippen LogP contribution in [0.2, 0.25) is 0 Å². The Balaban J connectivity index is 2.75. The lowest BCUT2D eigenvalue weighted by Gasteiger charge is -2.26. The minimum absolute atomic E-state index is 0.0356. The third kappa shape index (κ3) is 5.42. The molecule has 0 aliphatic rings. The molecule has 0 saturated heterocycles. The van der Waals surface area contributed by atoms with Crippen molar-refractivity contribution in [3.05, 3.63) is 17.6 Å². The van der Waals surface area contributed by atoms with E-state index in [9.17, 15) is 8.42 Å². The van der Waals surface area contributed by atoms with Crippen molar-refractivity contribution in [2.45, 2.75) is 33.2 Å². The predicted octanol–water partition coefficient (Wildman–Crippen LogP) is 1.26. The Kier molecular flexibility index (Phi) is 4.28. The molecule has 1 heterocycles. The maximum atomic E-state index is 11.0. The molecule has 7 heteroatoms. The number of nitrogens with zero attached hydrogens (tertiary/aromatic N) is 2. The summed E-state index contributed by atoms with van der Waals surface area (Å²) in [6.07, 6.45) is 1.03. The second-order valence-corrected chi connectivity index (χ2v) is 6.56. The molecule has 6 nitrogen and oxygen atoms in total. The SMILES string of the molecule is Cc1cc(NC(C)(C)COS(C)(=O)=O)nc(C)n1. The normalized spacial score (nSPS) is 12.5. The Hall–Kier alpha value is -1.21. The molecule has 0 aliphatic heterocycles. The van der Waals surface area contributed by atoms with Gasteiger partial charge in [0.1, 0.15) is 11.6 Å². The third-order valence-corrected chi connectivity index (χ3v) is 2.61. The maximum Gasteiger partial charge on any atom is 0.264 e. The summed E-state index contributed by atoms with van der Waals surface area (Å²) < 4.78 is 26.7. The fraction of sp³-hybridized carbons (Fsp3) is 0.636. The van der Waals surface area contributed by atoms with Crippen LogP contribution in [0.1, 0.15) is 25.4 Å². The van der Waals surface area contributed by atoms with E-state index < -0.39 is 15.7 Å². The van der Waals surface area contributed by atoms with E-state index in [4.69, 9.17) is 4.18 Å². The summed E-state index contributed by atoms with van der Waals surface area (Å²) in [6.45, 7) is 7.39. The zero-order valence-electron chi connectivity index (χ0n) is 11.3. The number of hydrogen-bond acceptors (Lipinski definition) is 6. The summed E-state index contributed by atoms with van der Waals surface area (Å²) in [4.78, 5) is 8.41. The van der Waals surface area contributed by atoms with Crippen molar-refractivity contribution >= 4 is 15.9 Å². The van der Waals surface area contributed by atoms with Crippen molar-refractivity contribution in [3.63, 3.8) is 0 Å². The second-order valence-electron chi connectivity index (χ2n) is 4.92. The highest BCUT2D eigenvalue weighted by Gasteiger charge is 2.21. The minimum atomic E-state index is -3.44. The van der Waals surface area contributed by atoms with Gasteiger partial charge in [-0.2, -0.15) is 8.42 Å². The maximum absolute atomic E-state index is 11.0. The van der Waals surface area contributed by atoms with Crippen molar-refractivity contribution in [3.8, 4) is 0 Å². The van der Waals surface area contributed by atoms with Crippen molar-refractivity contribution in [2.24, 2.45) is 0 Å². The van der Waals surface area contributed by atoms with E-state index in [2.05, 4.69) is 15.3 Å². The summed E-state index contributed by atoms with van der Waals surface area (Å²) in [7, 11) is -3.44. The molecule has 0 fully saturated rings. The lowest BCUT2D eigenvalue weighted by atomic mass is 10.1. The van der Waals surface area contributed by atoms with Gasteiger partial charge in [0.2, 0.25) is 0 Å². The first-order valence-electron chi connectivity index (χ1n) is 5.52. The van der Waals surface area contributed by atoms with E-state index in [1.165, 1.54) is 0 Å². The highest BCUT2D eigenvalue weighted by atomic mass is 32.2. The van der Waals surface area contributed by atoms with Gasteiger partial charge in [-0.05, 0) is 27.7 Å². The van der Waals surface area contributed by atoms with Crippen LogP contribution in [0.5, 0.6) is 0 Å². The smallest absolute Gasteiger partial charge is 0.264 e.